The van der Waals surface area contributed by atoms with E-state index in [2.05, 4.69) is 0 Å². The predicted octanol–water partition coefficient (Wildman–Crippen LogP) is 3.85. The summed E-state index contributed by atoms with van der Waals surface area (Å²) >= 11 is 0. The van der Waals surface area contributed by atoms with Gasteiger partial charge in [0.2, 0.25) is 0 Å². The molecule has 0 spiro atoms. The highest BCUT2D eigenvalue weighted by molar-refractivity contribution is 6.08. The van der Waals surface area contributed by atoms with Gasteiger partial charge in [-0.15, -0.1) is 0 Å². The van der Waals surface area contributed by atoms with Crippen LogP contribution in [0.25, 0.3) is 0 Å². The molecule has 1 saturated heterocycles. The molecule has 1 atom stereocenters. The van der Waals surface area contributed by atoms with Gasteiger partial charge >= 0.3 is 0 Å². The summed E-state index contributed by atoms with van der Waals surface area (Å²) in [5.41, 5.74) is 2.70. The first-order valence-corrected chi connectivity index (χ1v) is 9.58. The Morgan fingerprint density at radius 1 is 1.22 bits per heavy atom. The van der Waals surface area contributed by atoms with E-state index in [1.807, 2.05) is 47.4 Å². The Kier molecular flexibility index (Phi) is 5.30. The van der Waals surface area contributed by atoms with Crippen molar-refractivity contribution in [2.45, 2.75) is 31.8 Å². The van der Waals surface area contributed by atoms with Crippen LogP contribution >= 0.6 is 0 Å². The summed E-state index contributed by atoms with van der Waals surface area (Å²) in [6, 6.07) is 13.4. The van der Waals surface area contributed by atoms with Gasteiger partial charge in [0.05, 0.1) is 18.8 Å². The molecule has 0 bridgehead atoms. The lowest BCUT2D eigenvalue weighted by molar-refractivity contribution is 0.0672. The summed E-state index contributed by atoms with van der Waals surface area (Å²) in [4.78, 5) is 15.2. The van der Waals surface area contributed by atoms with Crippen LogP contribution in [0.3, 0.4) is 0 Å². The number of hydrogen-bond acceptors (Lipinski definition) is 4. The second-order valence-corrected chi connectivity index (χ2v) is 7.00. The summed E-state index contributed by atoms with van der Waals surface area (Å²) in [6.45, 7) is 1.99. The summed E-state index contributed by atoms with van der Waals surface area (Å²) < 4.78 is 16.9. The van der Waals surface area contributed by atoms with Crippen LogP contribution < -0.4 is 14.4 Å². The molecule has 27 heavy (non-hydrogen) atoms. The van der Waals surface area contributed by atoms with Crippen molar-refractivity contribution in [3.05, 3.63) is 53.6 Å². The Morgan fingerprint density at radius 2 is 2.11 bits per heavy atom. The Bertz CT molecular complexity index is 814. The van der Waals surface area contributed by atoms with Crippen LogP contribution in [0.4, 0.5) is 5.69 Å². The second-order valence-electron chi connectivity index (χ2n) is 7.00. The highest BCUT2D eigenvalue weighted by Gasteiger charge is 2.26. The van der Waals surface area contributed by atoms with Crippen LogP contribution in [0, 0.1) is 0 Å². The van der Waals surface area contributed by atoms with Crippen molar-refractivity contribution in [2.24, 2.45) is 0 Å². The van der Waals surface area contributed by atoms with E-state index in [4.69, 9.17) is 14.2 Å². The van der Waals surface area contributed by atoms with E-state index in [-0.39, 0.29) is 12.0 Å². The third kappa shape index (κ3) is 3.78. The zero-order valence-corrected chi connectivity index (χ0v) is 15.6. The average molecular weight is 367 g/mol. The number of fused-ring (bicyclic) bond motifs is 1. The first kappa shape index (κ1) is 17.9. The van der Waals surface area contributed by atoms with E-state index in [0.717, 1.165) is 49.3 Å². The van der Waals surface area contributed by atoms with Crippen LogP contribution in [0.1, 0.15) is 35.2 Å². The number of rotatable bonds is 5. The molecule has 142 valence electrons. The van der Waals surface area contributed by atoms with E-state index in [9.17, 15) is 4.79 Å². The number of para-hydroxylation sites is 1. The van der Waals surface area contributed by atoms with Crippen LogP contribution in [-0.2, 0) is 11.2 Å². The molecule has 5 nitrogen and oxygen atoms in total. The quantitative estimate of drug-likeness (QED) is 0.805. The van der Waals surface area contributed by atoms with Crippen molar-refractivity contribution in [3.63, 3.8) is 0 Å². The number of benzene rings is 2. The Balaban J connectivity index is 1.57. The summed E-state index contributed by atoms with van der Waals surface area (Å²) in [7, 11) is 1.66. The number of ether oxygens (including phenoxy) is 3. The minimum atomic E-state index is -0.0240. The van der Waals surface area contributed by atoms with Gasteiger partial charge in [-0.1, -0.05) is 12.1 Å². The first-order chi connectivity index (χ1) is 13.3. The molecule has 4 rings (SSSR count). The van der Waals surface area contributed by atoms with Gasteiger partial charge in [-0.25, -0.2) is 0 Å². The van der Waals surface area contributed by atoms with E-state index < -0.39 is 0 Å². The molecule has 2 aliphatic heterocycles. The van der Waals surface area contributed by atoms with Crippen LogP contribution in [-0.4, -0.2) is 38.9 Å². The van der Waals surface area contributed by atoms with Crippen molar-refractivity contribution >= 4 is 11.6 Å². The van der Waals surface area contributed by atoms with Crippen LogP contribution in [0.15, 0.2) is 42.5 Å². The molecule has 1 unspecified atom stereocenters. The fourth-order valence-electron chi connectivity index (χ4n) is 3.78. The van der Waals surface area contributed by atoms with Gasteiger partial charge in [0.25, 0.3) is 5.91 Å². The van der Waals surface area contributed by atoms with E-state index in [1.165, 1.54) is 0 Å². The van der Waals surface area contributed by atoms with Crippen molar-refractivity contribution in [1.82, 2.24) is 0 Å². The molecule has 1 amide bonds. The predicted molar refractivity (Wildman–Crippen MR) is 104 cm³/mol. The zero-order valence-electron chi connectivity index (χ0n) is 15.6. The maximum Gasteiger partial charge on any atom is 0.262 e. The van der Waals surface area contributed by atoms with Gasteiger partial charge in [0.1, 0.15) is 18.1 Å². The summed E-state index contributed by atoms with van der Waals surface area (Å²) in [5.74, 6) is 1.42. The largest absolute Gasteiger partial charge is 0.497 e. The van der Waals surface area contributed by atoms with Crippen LogP contribution in [0.2, 0.25) is 0 Å². The van der Waals surface area contributed by atoms with Gasteiger partial charge in [0, 0.05) is 18.8 Å². The van der Waals surface area contributed by atoms with Crippen LogP contribution in [0.5, 0.6) is 11.5 Å². The number of anilines is 1. The highest BCUT2D eigenvalue weighted by atomic mass is 16.5. The Morgan fingerprint density at radius 3 is 2.93 bits per heavy atom. The molecule has 0 N–H and O–H groups in total. The van der Waals surface area contributed by atoms with Gasteiger partial charge in [0.15, 0.2) is 0 Å². The third-order valence-corrected chi connectivity index (χ3v) is 5.22. The van der Waals surface area contributed by atoms with Crippen molar-refractivity contribution in [3.8, 4) is 11.5 Å². The lowest BCUT2D eigenvalue weighted by atomic mass is 10.00. The number of hydrogen-bond donors (Lipinski definition) is 0. The Labute approximate surface area is 159 Å². The molecular weight excluding hydrogens is 342 g/mol. The maximum atomic E-state index is 13.3. The molecule has 5 heteroatoms. The van der Waals surface area contributed by atoms with E-state index in [1.54, 1.807) is 7.11 Å². The smallest absolute Gasteiger partial charge is 0.262 e. The minimum Gasteiger partial charge on any atom is -0.497 e. The number of carbonyl (C=O) groups is 1. The lowest BCUT2D eigenvalue weighted by Gasteiger charge is -2.30. The summed E-state index contributed by atoms with van der Waals surface area (Å²) in [6.07, 6.45) is 4.09. The molecule has 2 heterocycles. The van der Waals surface area contributed by atoms with Crippen molar-refractivity contribution < 1.29 is 19.0 Å². The molecular formula is C22H25NO4. The number of amides is 1. The van der Waals surface area contributed by atoms with E-state index >= 15 is 0 Å². The molecule has 0 saturated carbocycles. The first-order valence-electron chi connectivity index (χ1n) is 9.58. The average Bonchev–Trinajstić information content (AvgIpc) is 3.24. The maximum absolute atomic E-state index is 13.3. The standard InChI is InChI=1S/C22H25NO4/c1-25-17-10-11-20-16(14-17)6-4-12-23(20)22(24)19-8-2-3-9-21(19)27-15-18-7-5-13-26-18/h2-3,8-11,14,18H,4-7,12-13,15H2,1H3. The second kappa shape index (κ2) is 8.01. The molecule has 0 aromatic heterocycles. The molecule has 0 radical (unpaired) electrons. The summed E-state index contributed by atoms with van der Waals surface area (Å²) in [5, 5.41) is 0. The molecule has 1 fully saturated rings. The van der Waals surface area contributed by atoms with Gasteiger partial charge in [-0.3, -0.25) is 4.79 Å². The van der Waals surface area contributed by atoms with Crippen molar-refractivity contribution in [2.75, 3.05) is 31.8 Å². The molecule has 0 aliphatic carbocycles. The van der Waals surface area contributed by atoms with Gasteiger partial charge < -0.3 is 19.1 Å². The number of nitrogens with zero attached hydrogens (tertiary/aromatic N) is 1. The topological polar surface area (TPSA) is 48.0 Å². The monoisotopic (exact) mass is 367 g/mol. The molecule has 2 aromatic carbocycles. The number of aryl methyl sites for hydroxylation is 1. The Hall–Kier alpha value is -2.53. The number of methoxy groups -OCH3 is 1. The highest BCUT2D eigenvalue weighted by Crippen LogP contribution is 2.33. The SMILES string of the molecule is COc1ccc2c(c1)CCCN2C(=O)c1ccccc1OCC1CCCO1. The van der Waals surface area contributed by atoms with Gasteiger partial charge in [-0.2, -0.15) is 0 Å². The normalized spacial score (nSPS) is 18.9. The fourth-order valence-corrected chi connectivity index (χ4v) is 3.78. The lowest BCUT2D eigenvalue weighted by Crippen LogP contribution is -2.35. The third-order valence-electron chi connectivity index (χ3n) is 5.22. The van der Waals surface area contributed by atoms with Gasteiger partial charge in [-0.05, 0) is 61.6 Å². The zero-order chi connectivity index (χ0) is 18.6. The molecule has 2 aromatic rings. The minimum absolute atomic E-state index is 0.0240. The van der Waals surface area contributed by atoms with E-state index in [0.29, 0.717) is 24.5 Å². The fraction of sp³-hybridized carbons (Fsp3) is 0.409. The molecule has 2 aliphatic rings. The number of carbonyl (C=O) groups excluding carboxylic acids is 1. The van der Waals surface area contributed by atoms with Crippen molar-refractivity contribution in [1.29, 1.82) is 0 Å².